The SMILES string of the molecule is C=C1C(=O)O[C@@H]2C=C(C)C[C@@H](O)C=C(C)C[C@@H](O)[C@@H]12. The fraction of sp³-hybridized carbons (Fsp3) is 0.533. The van der Waals surface area contributed by atoms with Crippen LogP contribution in [0.1, 0.15) is 26.7 Å². The maximum Gasteiger partial charge on any atom is 0.334 e. The van der Waals surface area contributed by atoms with Gasteiger partial charge in [-0.05, 0) is 32.8 Å². The zero-order valence-corrected chi connectivity index (χ0v) is 11.3. The van der Waals surface area contributed by atoms with Crippen LogP contribution in [-0.2, 0) is 9.53 Å². The molecule has 1 saturated heterocycles. The van der Waals surface area contributed by atoms with Crippen molar-refractivity contribution in [2.24, 2.45) is 5.92 Å². The van der Waals surface area contributed by atoms with E-state index in [1.807, 2.05) is 19.9 Å². The van der Waals surface area contributed by atoms with Crippen molar-refractivity contribution in [2.45, 2.75) is 45.0 Å². The number of esters is 1. The first-order valence-electron chi connectivity index (χ1n) is 6.49. The molecule has 4 nitrogen and oxygen atoms in total. The second-order valence-corrected chi connectivity index (χ2v) is 5.49. The number of carbonyl (C=O) groups is 1. The van der Waals surface area contributed by atoms with Crippen molar-refractivity contribution in [2.75, 3.05) is 0 Å². The minimum atomic E-state index is -0.727. The van der Waals surface area contributed by atoms with Crippen LogP contribution in [0, 0.1) is 5.92 Å². The Morgan fingerprint density at radius 3 is 2.53 bits per heavy atom. The van der Waals surface area contributed by atoms with Crippen LogP contribution in [0.25, 0.3) is 0 Å². The summed E-state index contributed by atoms with van der Waals surface area (Å²) in [7, 11) is 0. The van der Waals surface area contributed by atoms with Gasteiger partial charge in [0.2, 0.25) is 0 Å². The Hall–Kier alpha value is -1.39. The molecule has 2 rings (SSSR count). The van der Waals surface area contributed by atoms with E-state index in [0.29, 0.717) is 18.4 Å². The van der Waals surface area contributed by atoms with Gasteiger partial charge in [-0.25, -0.2) is 4.79 Å². The smallest absolute Gasteiger partial charge is 0.334 e. The Kier molecular flexibility index (Phi) is 3.92. The number of aliphatic hydroxyl groups excluding tert-OH is 2. The molecular weight excluding hydrogens is 244 g/mol. The highest BCUT2D eigenvalue weighted by molar-refractivity contribution is 5.91. The second-order valence-electron chi connectivity index (χ2n) is 5.49. The largest absolute Gasteiger partial charge is 0.454 e. The van der Waals surface area contributed by atoms with Gasteiger partial charge in [-0.1, -0.05) is 23.8 Å². The number of fused-ring (bicyclic) bond motifs is 1. The molecule has 19 heavy (non-hydrogen) atoms. The molecule has 1 fully saturated rings. The number of hydrogen-bond donors (Lipinski definition) is 2. The predicted octanol–water partition coefficient (Wildman–Crippen LogP) is 1.49. The van der Waals surface area contributed by atoms with Crippen molar-refractivity contribution in [3.8, 4) is 0 Å². The highest BCUT2D eigenvalue weighted by Gasteiger charge is 2.42. The van der Waals surface area contributed by atoms with Gasteiger partial charge >= 0.3 is 5.97 Å². The van der Waals surface area contributed by atoms with E-state index in [9.17, 15) is 15.0 Å². The summed E-state index contributed by atoms with van der Waals surface area (Å²) in [6.07, 6.45) is 2.69. The van der Waals surface area contributed by atoms with E-state index >= 15 is 0 Å². The quantitative estimate of drug-likeness (QED) is 0.395. The van der Waals surface area contributed by atoms with Crippen LogP contribution in [0.2, 0.25) is 0 Å². The van der Waals surface area contributed by atoms with Crippen molar-refractivity contribution in [3.63, 3.8) is 0 Å². The normalized spacial score (nSPS) is 36.2. The van der Waals surface area contributed by atoms with Crippen LogP contribution in [-0.4, -0.2) is 34.5 Å². The first kappa shape index (κ1) is 14.0. The van der Waals surface area contributed by atoms with E-state index in [1.54, 1.807) is 6.08 Å². The van der Waals surface area contributed by atoms with Crippen molar-refractivity contribution in [3.05, 3.63) is 35.5 Å². The van der Waals surface area contributed by atoms with E-state index in [4.69, 9.17) is 4.74 Å². The molecule has 2 N–H and O–H groups in total. The van der Waals surface area contributed by atoms with Gasteiger partial charge in [-0.3, -0.25) is 0 Å². The lowest BCUT2D eigenvalue weighted by molar-refractivity contribution is -0.137. The lowest BCUT2D eigenvalue weighted by Gasteiger charge is -2.23. The van der Waals surface area contributed by atoms with Gasteiger partial charge in [0.15, 0.2) is 0 Å². The van der Waals surface area contributed by atoms with Gasteiger partial charge in [0.05, 0.1) is 18.1 Å². The molecule has 0 unspecified atom stereocenters. The Morgan fingerprint density at radius 1 is 1.21 bits per heavy atom. The van der Waals surface area contributed by atoms with E-state index in [0.717, 1.165) is 11.1 Å². The standard InChI is InChI=1S/C15H20O4/c1-8-4-11(16)5-9(2)7-13-14(12(17)6-8)10(3)15(18)19-13/h4,7,11-14,16-17H,3,5-6H2,1-2H3/t11-,12+,13+,14+/m0/s1. The molecule has 2 aliphatic rings. The third-order valence-electron chi connectivity index (χ3n) is 3.66. The molecule has 104 valence electrons. The molecule has 0 aromatic rings. The number of aliphatic hydroxyl groups is 2. The Labute approximate surface area is 113 Å². The van der Waals surface area contributed by atoms with Gasteiger partial charge in [-0.2, -0.15) is 0 Å². The number of hydrogen-bond acceptors (Lipinski definition) is 4. The summed E-state index contributed by atoms with van der Waals surface area (Å²) in [6, 6.07) is 0. The van der Waals surface area contributed by atoms with Crippen LogP contribution in [0.15, 0.2) is 35.5 Å². The minimum Gasteiger partial charge on any atom is -0.454 e. The lowest BCUT2D eigenvalue weighted by atomic mass is 9.85. The first-order chi connectivity index (χ1) is 8.88. The molecule has 1 aliphatic carbocycles. The summed E-state index contributed by atoms with van der Waals surface area (Å²) in [5, 5.41) is 20.2. The average Bonchev–Trinajstić information content (AvgIpc) is 2.52. The summed E-state index contributed by atoms with van der Waals surface area (Å²) in [6.45, 7) is 7.47. The number of ether oxygens (including phenoxy) is 1. The highest BCUT2D eigenvalue weighted by Crippen LogP contribution is 2.34. The molecule has 0 saturated carbocycles. The van der Waals surface area contributed by atoms with Crippen LogP contribution in [0.5, 0.6) is 0 Å². The Morgan fingerprint density at radius 2 is 1.84 bits per heavy atom. The fourth-order valence-corrected chi connectivity index (χ4v) is 2.79. The zero-order chi connectivity index (χ0) is 14.2. The molecule has 4 heteroatoms. The van der Waals surface area contributed by atoms with Gasteiger partial charge in [0.1, 0.15) is 6.10 Å². The molecule has 1 aliphatic heterocycles. The van der Waals surface area contributed by atoms with Gasteiger partial charge < -0.3 is 14.9 Å². The lowest BCUT2D eigenvalue weighted by Crippen LogP contribution is -2.29. The summed E-state index contributed by atoms with van der Waals surface area (Å²) in [5.74, 6) is -0.847. The van der Waals surface area contributed by atoms with E-state index in [1.165, 1.54) is 0 Å². The zero-order valence-electron chi connectivity index (χ0n) is 11.3. The average molecular weight is 264 g/mol. The van der Waals surface area contributed by atoms with E-state index in [-0.39, 0.29) is 0 Å². The molecule has 4 atom stereocenters. The molecule has 0 spiro atoms. The second kappa shape index (κ2) is 5.31. The van der Waals surface area contributed by atoms with Crippen molar-refractivity contribution < 1.29 is 19.7 Å². The third kappa shape index (κ3) is 2.96. The van der Waals surface area contributed by atoms with E-state index < -0.39 is 30.2 Å². The van der Waals surface area contributed by atoms with Crippen LogP contribution in [0.3, 0.4) is 0 Å². The molecule has 1 heterocycles. The summed E-state index contributed by atoms with van der Waals surface area (Å²) >= 11 is 0. The van der Waals surface area contributed by atoms with Gasteiger partial charge in [-0.15, -0.1) is 0 Å². The summed E-state index contributed by atoms with van der Waals surface area (Å²) in [4.78, 5) is 11.6. The van der Waals surface area contributed by atoms with Crippen molar-refractivity contribution in [1.82, 2.24) is 0 Å². The molecule has 0 amide bonds. The Bertz CT molecular complexity index is 461. The van der Waals surface area contributed by atoms with Gasteiger partial charge in [0, 0.05) is 5.57 Å². The number of carbonyl (C=O) groups excluding carboxylic acids is 1. The Balaban J connectivity index is 2.36. The maximum atomic E-state index is 11.6. The first-order valence-corrected chi connectivity index (χ1v) is 6.49. The third-order valence-corrected chi connectivity index (χ3v) is 3.66. The van der Waals surface area contributed by atoms with Crippen molar-refractivity contribution >= 4 is 5.97 Å². The molecule has 0 radical (unpaired) electrons. The van der Waals surface area contributed by atoms with E-state index in [2.05, 4.69) is 6.58 Å². The molecule has 0 bridgehead atoms. The number of rotatable bonds is 0. The van der Waals surface area contributed by atoms with Crippen molar-refractivity contribution in [1.29, 1.82) is 0 Å². The van der Waals surface area contributed by atoms with Crippen LogP contribution >= 0.6 is 0 Å². The fourth-order valence-electron chi connectivity index (χ4n) is 2.79. The summed E-state index contributed by atoms with van der Waals surface area (Å²) < 4.78 is 5.24. The predicted molar refractivity (Wildman–Crippen MR) is 71.3 cm³/mol. The maximum absolute atomic E-state index is 11.6. The topological polar surface area (TPSA) is 66.8 Å². The monoisotopic (exact) mass is 264 g/mol. The van der Waals surface area contributed by atoms with Crippen LogP contribution < -0.4 is 0 Å². The minimum absolute atomic E-state index is 0.329. The van der Waals surface area contributed by atoms with Gasteiger partial charge in [0.25, 0.3) is 0 Å². The molecule has 0 aromatic heterocycles. The highest BCUT2D eigenvalue weighted by atomic mass is 16.6. The van der Waals surface area contributed by atoms with Crippen LogP contribution in [0.4, 0.5) is 0 Å². The molecular formula is C15H20O4. The summed E-state index contributed by atoms with van der Waals surface area (Å²) in [5.41, 5.74) is 2.17. The molecule has 0 aromatic carbocycles.